The van der Waals surface area contributed by atoms with E-state index in [1.165, 1.54) is 15.3 Å². The molecule has 0 aliphatic rings. The van der Waals surface area contributed by atoms with Crippen molar-refractivity contribution in [2.24, 2.45) is 5.73 Å². The maximum Gasteiger partial charge on any atom is 0.0445 e. The van der Waals surface area contributed by atoms with Gasteiger partial charge in [-0.1, -0.05) is 13.0 Å². The molecule has 2 aromatic rings. The minimum absolute atomic E-state index is 0.0653. The van der Waals surface area contributed by atoms with Gasteiger partial charge in [0.05, 0.1) is 0 Å². The molecule has 90 valence electrons. The van der Waals surface area contributed by atoms with Crippen LogP contribution in [-0.2, 0) is 12.8 Å². The van der Waals surface area contributed by atoms with E-state index >= 15 is 0 Å². The van der Waals surface area contributed by atoms with Gasteiger partial charge < -0.3 is 5.73 Å². The molecule has 0 saturated heterocycles. The van der Waals surface area contributed by atoms with Gasteiger partial charge in [0, 0.05) is 34.1 Å². The van der Waals surface area contributed by atoms with Gasteiger partial charge in [0.25, 0.3) is 0 Å². The fourth-order valence-electron chi connectivity index (χ4n) is 1.73. The predicted molar refractivity (Wildman–Crippen MR) is 73.3 cm³/mol. The number of nitrogens with zero attached hydrogens (tertiary/aromatic N) is 1. The summed E-state index contributed by atoms with van der Waals surface area (Å²) in [6.07, 6.45) is 3.79. The Hall–Kier alpha value is -1.19. The summed E-state index contributed by atoms with van der Waals surface area (Å²) in [5.41, 5.74) is 8.45. The minimum Gasteiger partial charge on any atom is -0.323 e. The average Bonchev–Trinajstić information content (AvgIpc) is 2.81. The fourth-order valence-corrected chi connectivity index (χ4v) is 2.68. The van der Waals surface area contributed by atoms with Crippen molar-refractivity contribution in [3.63, 3.8) is 0 Å². The highest BCUT2D eigenvalue weighted by Gasteiger charge is 2.10. The van der Waals surface area contributed by atoms with Crippen LogP contribution in [0, 0.1) is 6.92 Å². The second kappa shape index (κ2) is 5.43. The summed E-state index contributed by atoms with van der Waals surface area (Å²) in [6, 6.07) is 8.52. The van der Waals surface area contributed by atoms with Crippen molar-refractivity contribution < 1.29 is 0 Å². The first-order valence-electron chi connectivity index (χ1n) is 5.94. The monoisotopic (exact) mass is 246 g/mol. The highest BCUT2D eigenvalue weighted by atomic mass is 32.1. The summed E-state index contributed by atoms with van der Waals surface area (Å²) in [7, 11) is 0. The van der Waals surface area contributed by atoms with Crippen LogP contribution in [0.1, 0.15) is 34.0 Å². The van der Waals surface area contributed by atoms with Gasteiger partial charge >= 0.3 is 0 Å². The zero-order valence-corrected chi connectivity index (χ0v) is 11.1. The van der Waals surface area contributed by atoms with Crippen LogP contribution in [0.5, 0.6) is 0 Å². The number of thiophene rings is 1. The molecule has 0 aromatic carbocycles. The number of nitrogens with two attached hydrogens (primary N) is 1. The van der Waals surface area contributed by atoms with Crippen LogP contribution in [-0.4, -0.2) is 4.98 Å². The minimum atomic E-state index is 0.0653. The van der Waals surface area contributed by atoms with Crippen molar-refractivity contribution in [2.75, 3.05) is 0 Å². The number of aryl methyl sites for hydroxylation is 2. The Bertz CT molecular complexity index is 473. The number of pyridine rings is 1. The Balaban J connectivity index is 2.05. The van der Waals surface area contributed by atoms with Crippen molar-refractivity contribution >= 4 is 11.3 Å². The first-order valence-corrected chi connectivity index (χ1v) is 6.76. The van der Waals surface area contributed by atoms with Gasteiger partial charge in [-0.2, -0.15) is 0 Å². The molecular weight excluding hydrogens is 228 g/mol. The third kappa shape index (κ3) is 3.14. The Morgan fingerprint density at radius 3 is 2.71 bits per heavy atom. The van der Waals surface area contributed by atoms with Crippen molar-refractivity contribution in [1.29, 1.82) is 0 Å². The molecule has 17 heavy (non-hydrogen) atoms. The van der Waals surface area contributed by atoms with E-state index < -0.39 is 0 Å². The molecule has 0 fully saturated rings. The summed E-state index contributed by atoms with van der Waals surface area (Å²) in [6.45, 7) is 4.21. The van der Waals surface area contributed by atoms with Crippen LogP contribution in [0.15, 0.2) is 30.5 Å². The predicted octanol–water partition coefficient (Wildman–Crippen LogP) is 3.26. The Kier molecular flexibility index (Phi) is 3.92. The van der Waals surface area contributed by atoms with E-state index in [4.69, 9.17) is 5.73 Å². The summed E-state index contributed by atoms with van der Waals surface area (Å²) in [5.74, 6) is 0. The zero-order valence-electron chi connectivity index (χ0n) is 10.3. The maximum absolute atomic E-state index is 6.20. The normalized spacial score (nSPS) is 12.6. The van der Waals surface area contributed by atoms with E-state index in [-0.39, 0.29) is 6.04 Å². The quantitative estimate of drug-likeness (QED) is 0.899. The standard InChI is InChI=1S/C14H18N2S/c1-3-12-6-7-14(17-12)13(15)8-11-5-4-10(2)9-16-11/h4-7,9,13H,3,8,15H2,1-2H3. The number of hydrogen-bond acceptors (Lipinski definition) is 3. The molecular formula is C14H18N2S. The summed E-state index contributed by atoms with van der Waals surface area (Å²) < 4.78 is 0. The van der Waals surface area contributed by atoms with E-state index in [0.29, 0.717) is 0 Å². The van der Waals surface area contributed by atoms with Gasteiger partial charge in [-0.25, -0.2) is 0 Å². The molecule has 0 amide bonds. The van der Waals surface area contributed by atoms with E-state index in [1.807, 2.05) is 24.5 Å². The molecule has 0 aliphatic carbocycles. The van der Waals surface area contributed by atoms with E-state index in [1.54, 1.807) is 0 Å². The van der Waals surface area contributed by atoms with Gasteiger partial charge in [-0.3, -0.25) is 4.98 Å². The molecule has 1 unspecified atom stereocenters. The lowest BCUT2D eigenvalue weighted by Gasteiger charge is -2.08. The van der Waals surface area contributed by atoms with Crippen LogP contribution < -0.4 is 5.73 Å². The van der Waals surface area contributed by atoms with Crippen molar-refractivity contribution in [3.8, 4) is 0 Å². The van der Waals surface area contributed by atoms with Crippen LogP contribution >= 0.6 is 11.3 Å². The lowest BCUT2D eigenvalue weighted by Crippen LogP contribution is -2.12. The van der Waals surface area contributed by atoms with E-state index in [9.17, 15) is 0 Å². The van der Waals surface area contributed by atoms with Crippen LogP contribution in [0.2, 0.25) is 0 Å². The zero-order chi connectivity index (χ0) is 12.3. The molecule has 0 radical (unpaired) electrons. The SMILES string of the molecule is CCc1ccc(C(N)Cc2ccc(C)cn2)s1. The lowest BCUT2D eigenvalue weighted by atomic mass is 10.1. The van der Waals surface area contributed by atoms with Crippen LogP contribution in [0.3, 0.4) is 0 Å². The molecule has 0 spiro atoms. The molecule has 2 heterocycles. The molecule has 2 N–H and O–H groups in total. The van der Waals surface area contributed by atoms with Crippen LogP contribution in [0.4, 0.5) is 0 Å². The van der Waals surface area contributed by atoms with Gasteiger partial charge in [-0.15, -0.1) is 11.3 Å². The van der Waals surface area contributed by atoms with Gasteiger partial charge in [0.1, 0.15) is 0 Å². The molecule has 1 atom stereocenters. The molecule has 0 saturated carbocycles. The third-order valence-electron chi connectivity index (χ3n) is 2.80. The Morgan fingerprint density at radius 2 is 2.12 bits per heavy atom. The largest absolute Gasteiger partial charge is 0.323 e. The van der Waals surface area contributed by atoms with Crippen molar-refractivity contribution in [3.05, 3.63) is 51.5 Å². The highest BCUT2D eigenvalue weighted by Crippen LogP contribution is 2.24. The molecule has 0 aliphatic heterocycles. The first kappa shape index (κ1) is 12.3. The van der Waals surface area contributed by atoms with Gasteiger partial charge in [0.15, 0.2) is 0 Å². The summed E-state index contributed by atoms with van der Waals surface area (Å²) in [4.78, 5) is 7.04. The van der Waals surface area contributed by atoms with Crippen molar-refractivity contribution in [2.45, 2.75) is 32.7 Å². The second-order valence-electron chi connectivity index (χ2n) is 4.30. The lowest BCUT2D eigenvalue weighted by molar-refractivity contribution is 0.719. The smallest absolute Gasteiger partial charge is 0.0445 e. The maximum atomic E-state index is 6.20. The van der Waals surface area contributed by atoms with Gasteiger partial charge in [-0.05, 0) is 37.1 Å². The molecule has 0 bridgehead atoms. The average molecular weight is 246 g/mol. The fraction of sp³-hybridized carbons (Fsp3) is 0.357. The number of aromatic nitrogens is 1. The molecule has 2 nitrogen and oxygen atoms in total. The topological polar surface area (TPSA) is 38.9 Å². The number of rotatable bonds is 4. The molecule has 2 aromatic heterocycles. The number of hydrogen-bond donors (Lipinski definition) is 1. The van der Waals surface area contributed by atoms with Crippen LogP contribution in [0.25, 0.3) is 0 Å². The Labute approximate surface area is 107 Å². The second-order valence-corrected chi connectivity index (χ2v) is 5.50. The summed E-state index contributed by atoms with van der Waals surface area (Å²) in [5, 5.41) is 0. The van der Waals surface area contributed by atoms with E-state index in [0.717, 1.165) is 18.5 Å². The molecule has 2 rings (SSSR count). The first-order chi connectivity index (χ1) is 8.19. The van der Waals surface area contributed by atoms with E-state index in [2.05, 4.69) is 36.2 Å². The Morgan fingerprint density at radius 1 is 1.29 bits per heavy atom. The third-order valence-corrected chi connectivity index (χ3v) is 4.16. The molecule has 3 heteroatoms. The van der Waals surface area contributed by atoms with Crippen molar-refractivity contribution in [1.82, 2.24) is 4.98 Å². The summed E-state index contributed by atoms with van der Waals surface area (Å²) >= 11 is 1.81. The highest BCUT2D eigenvalue weighted by molar-refractivity contribution is 7.12. The van der Waals surface area contributed by atoms with Gasteiger partial charge in [0.2, 0.25) is 0 Å².